The van der Waals surface area contributed by atoms with E-state index in [4.69, 9.17) is 15.9 Å². The quantitative estimate of drug-likeness (QED) is 0.317. The summed E-state index contributed by atoms with van der Waals surface area (Å²) in [5.74, 6) is 0. The summed E-state index contributed by atoms with van der Waals surface area (Å²) in [6.07, 6.45) is -0.894. The summed E-state index contributed by atoms with van der Waals surface area (Å²) in [5.41, 5.74) is 6.19. The van der Waals surface area contributed by atoms with Crippen LogP contribution in [0.3, 0.4) is 0 Å². The van der Waals surface area contributed by atoms with E-state index in [1.165, 1.54) is 18.2 Å². The van der Waals surface area contributed by atoms with Crippen molar-refractivity contribution in [3.8, 4) is 0 Å². The molecule has 7 heteroatoms. The molecule has 0 amide bonds. The Morgan fingerprint density at radius 2 is 2.25 bits per heavy atom. The molecule has 7 nitrogen and oxygen atoms in total. The average molecular weight is 227 g/mol. The normalized spacial score (nSPS) is 12.1. The molecule has 16 heavy (non-hydrogen) atoms. The Morgan fingerprint density at radius 1 is 1.56 bits per heavy atom. The first-order chi connectivity index (χ1) is 7.54. The number of anilines is 2. The number of nitro benzene ring substituents is 1. The van der Waals surface area contributed by atoms with E-state index >= 15 is 0 Å². The standard InChI is InChI=1S/C9H13N3O4/c10-8-3-6(12(15)16)1-2-9(8)11-4-7(14)5-13/h1-3,7,11,13-14H,4-5,10H2. The summed E-state index contributed by atoms with van der Waals surface area (Å²) < 4.78 is 0. The van der Waals surface area contributed by atoms with E-state index in [0.29, 0.717) is 5.69 Å². The van der Waals surface area contributed by atoms with Gasteiger partial charge < -0.3 is 21.3 Å². The van der Waals surface area contributed by atoms with E-state index in [9.17, 15) is 10.1 Å². The molecule has 0 heterocycles. The van der Waals surface area contributed by atoms with E-state index in [-0.39, 0.29) is 24.5 Å². The van der Waals surface area contributed by atoms with Gasteiger partial charge in [0.15, 0.2) is 0 Å². The van der Waals surface area contributed by atoms with Crippen LogP contribution in [0.4, 0.5) is 17.1 Å². The summed E-state index contributed by atoms with van der Waals surface area (Å²) >= 11 is 0. The molecule has 0 spiro atoms. The minimum absolute atomic E-state index is 0.0919. The lowest BCUT2D eigenvalue weighted by molar-refractivity contribution is -0.384. The zero-order chi connectivity index (χ0) is 12.1. The molecule has 0 fully saturated rings. The Hall–Kier alpha value is -1.86. The Bertz CT molecular complexity index is 383. The molecule has 0 radical (unpaired) electrons. The van der Waals surface area contributed by atoms with Crippen molar-refractivity contribution < 1.29 is 15.1 Å². The van der Waals surface area contributed by atoms with Gasteiger partial charge in [-0.15, -0.1) is 0 Å². The fraction of sp³-hybridized carbons (Fsp3) is 0.333. The maximum Gasteiger partial charge on any atom is 0.271 e. The van der Waals surface area contributed by atoms with E-state index < -0.39 is 11.0 Å². The molecule has 1 rings (SSSR count). The van der Waals surface area contributed by atoms with Crippen molar-refractivity contribution in [2.45, 2.75) is 6.10 Å². The van der Waals surface area contributed by atoms with Crippen LogP contribution in [0.2, 0.25) is 0 Å². The van der Waals surface area contributed by atoms with Crippen molar-refractivity contribution in [3.05, 3.63) is 28.3 Å². The molecule has 88 valence electrons. The molecule has 0 saturated heterocycles. The molecule has 1 aromatic rings. The van der Waals surface area contributed by atoms with Crippen molar-refractivity contribution in [1.29, 1.82) is 0 Å². The van der Waals surface area contributed by atoms with E-state index in [1.54, 1.807) is 0 Å². The van der Waals surface area contributed by atoms with Gasteiger partial charge in [0, 0.05) is 18.7 Å². The van der Waals surface area contributed by atoms with Gasteiger partial charge in [0.05, 0.1) is 29.0 Å². The summed E-state index contributed by atoms with van der Waals surface area (Å²) in [7, 11) is 0. The van der Waals surface area contributed by atoms with E-state index in [1.807, 2.05) is 0 Å². The number of nitrogens with zero attached hydrogens (tertiary/aromatic N) is 1. The molecule has 0 saturated carbocycles. The second-order valence-electron chi connectivity index (χ2n) is 3.25. The highest BCUT2D eigenvalue weighted by molar-refractivity contribution is 5.69. The zero-order valence-corrected chi connectivity index (χ0v) is 8.46. The van der Waals surface area contributed by atoms with Gasteiger partial charge >= 0.3 is 0 Å². The lowest BCUT2D eigenvalue weighted by Gasteiger charge is -2.11. The van der Waals surface area contributed by atoms with Gasteiger partial charge in [-0.05, 0) is 6.07 Å². The van der Waals surface area contributed by atoms with Gasteiger partial charge in [-0.2, -0.15) is 0 Å². The minimum Gasteiger partial charge on any atom is -0.397 e. The van der Waals surface area contributed by atoms with Crippen LogP contribution in [-0.2, 0) is 0 Å². The third-order valence-electron chi connectivity index (χ3n) is 1.98. The molecule has 0 aliphatic carbocycles. The maximum atomic E-state index is 10.4. The molecule has 0 aliphatic heterocycles. The van der Waals surface area contributed by atoms with Gasteiger partial charge in [0.1, 0.15) is 0 Å². The van der Waals surface area contributed by atoms with E-state index in [0.717, 1.165) is 0 Å². The number of nitrogen functional groups attached to an aromatic ring is 1. The van der Waals surface area contributed by atoms with Gasteiger partial charge in [-0.1, -0.05) is 0 Å². The van der Waals surface area contributed by atoms with Crippen molar-refractivity contribution in [2.75, 3.05) is 24.2 Å². The monoisotopic (exact) mass is 227 g/mol. The lowest BCUT2D eigenvalue weighted by atomic mass is 10.2. The van der Waals surface area contributed by atoms with Crippen LogP contribution in [0.15, 0.2) is 18.2 Å². The van der Waals surface area contributed by atoms with Crippen molar-refractivity contribution in [3.63, 3.8) is 0 Å². The maximum absolute atomic E-state index is 10.4. The number of aliphatic hydroxyl groups excluding tert-OH is 2. The number of benzene rings is 1. The minimum atomic E-state index is -0.894. The van der Waals surface area contributed by atoms with Gasteiger partial charge in [0.2, 0.25) is 0 Å². The number of rotatable bonds is 5. The number of nitrogens with one attached hydrogen (secondary N) is 1. The molecule has 1 aromatic carbocycles. The van der Waals surface area contributed by atoms with Gasteiger partial charge in [-0.25, -0.2) is 0 Å². The number of hydrogen-bond donors (Lipinski definition) is 4. The molecule has 1 unspecified atom stereocenters. The van der Waals surface area contributed by atoms with Crippen molar-refractivity contribution in [1.82, 2.24) is 0 Å². The largest absolute Gasteiger partial charge is 0.397 e. The smallest absolute Gasteiger partial charge is 0.271 e. The summed E-state index contributed by atoms with van der Waals surface area (Å²) in [4.78, 5) is 9.89. The fourth-order valence-corrected chi connectivity index (χ4v) is 1.12. The number of hydrogen-bond acceptors (Lipinski definition) is 6. The zero-order valence-electron chi connectivity index (χ0n) is 8.46. The van der Waals surface area contributed by atoms with E-state index in [2.05, 4.69) is 5.32 Å². The number of nitro groups is 1. The Labute approximate surface area is 91.7 Å². The summed E-state index contributed by atoms with van der Waals surface area (Å²) in [5, 5.41) is 30.9. The number of nitrogens with two attached hydrogens (primary N) is 1. The summed E-state index contributed by atoms with van der Waals surface area (Å²) in [6.45, 7) is -0.238. The highest BCUT2D eigenvalue weighted by Crippen LogP contribution is 2.23. The summed E-state index contributed by atoms with van der Waals surface area (Å²) in [6, 6.07) is 4.00. The SMILES string of the molecule is Nc1cc([N+](=O)[O-])ccc1NCC(O)CO. The van der Waals surface area contributed by atoms with Crippen LogP contribution in [0.1, 0.15) is 0 Å². The molecule has 0 bridgehead atoms. The molecule has 5 N–H and O–H groups in total. The topological polar surface area (TPSA) is 122 Å². The lowest BCUT2D eigenvalue weighted by Crippen LogP contribution is -2.23. The number of aliphatic hydroxyl groups is 2. The third-order valence-corrected chi connectivity index (χ3v) is 1.98. The average Bonchev–Trinajstić information content (AvgIpc) is 2.26. The first-order valence-corrected chi connectivity index (χ1v) is 4.61. The Balaban J connectivity index is 2.72. The van der Waals surface area contributed by atoms with Gasteiger partial charge in [-0.3, -0.25) is 10.1 Å². The van der Waals surface area contributed by atoms with Crippen LogP contribution in [0.25, 0.3) is 0 Å². The highest BCUT2D eigenvalue weighted by atomic mass is 16.6. The van der Waals surface area contributed by atoms with Gasteiger partial charge in [0.25, 0.3) is 5.69 Å². The molecule has 0 aromatic heterocycles. The second-order valence-corrected chi connectivity index (χ2v) is 3.25. The van der Waals surface area contributed by atoms with Crippen molar-refractivity contribution in [2.24, 2.45) is 0 Å². The first-order valence-electron chi connectivity index (χ1n) is 4.61. The second kappa shape index (κ2) is 5.29. The Morgan fingerprint density at radius 3 is 2.75 bits per heavy atom. The van der Waals surface area contributed by atoms with Crippen molar-refractivity contribution >= 4 is 17.1 Å². The molecule has 1 atom stereocenters. The Kier molecular flexibility index (Phi) is 4.03. The van der Waals surface area contributed by atoms with Crippen LogP contribution in [0.5, 0.6) is 0 Å². The highest BCUT2D eigenvalue weighted by Gasteiger charge is 2.09. The predicted octanol–water partition coefficient (Wildman–Crippen LogP) is -0.0579. The van der Waals surface area contributed by atoms with Crippen LogP contribution in [0, 0.1) is 10.1 Å². The molecular weight excluding hydrogens is 214 g/mol. The molecular formula is C9H13N3O4. The van der Waals surface area contributed by atoms with Crippen LogP contribution < -0.4 is 11.1 Å². The molecule has 0 aliphatic rings. The first kappa shape index (κ1) is 12.2. The third kappa shape index (κ3) is 3.07. The predicted molar refractivity (Wildman–Crippen MR) is 59.1 cm³/mol. The number of non-ortho nitro benzene ring substituents is 1. The fourth-order valence-electron chi connectivity index (χ4n) is 1.12. The van der Waals surface area contributed by atoms with Crippen LogP contribution >= 0.6 is 0 Å². The van der Waals surface area contributed by atoms with Crippen LogP contribution in [-0.4, -0.2) is 34.4 Å².